The minimum atomic E-state index is -4.72. The predicted molar refractivity (Wildman–Crippen MR) is 231 cm³/mol. The average Bonchev–Trinajstić information content (AvgIpc) is 3.19. The van der Waals surface area contributed by atoms with E-state index in [0.717, 1.165) is 38.5 Å². The minimum absolute atomic E-state index is 0.163. The lowest BCUT2D eigenvalue weighted by Gasteiger charge is -2.20. The van der Waals surface area contributed by atoms with Gasteiger partial charge in [-0.05, 0) is 38.5 Å². The van der Waals surface area contributed by atoms with E-state index < -0.39 is 51.1 Å². The van der Waals surface area contributed by atoms with Crippen molar-refractivity contribution in [2.75, 3.05) is 19.8 Å². The van der Waals surface area contributed by atoms with E-state index in [1.807, 2.05) is 0 Å². The molecular weight excluding hydrogens is 745 g/mol. The van der Waals surface area contributed by atoms with Crippen molar-refractivity contribution in [1.29, 1.82) is 0 Å². The highest BCUT2D eigenvalue weighted by molar-refractivity contribution is 7.47. The molecule has 4 N–H and O–H groups in total. The molecule has 0 aromatic heterocycles. The summed E-state index contributed by atoms with van der Waals surface area (Å²) in [5.74, 6) is -2.39. The van der Waals surface area contributed by atoms with Gasteiger partial charge in [-0.25, -0.2) is 4.57 Å². The number of carboxylic acids is 1. The van der Waals surface area contributed by atoms with Gasteiger partial charge in [0.05, 0.1) is 13.2 Å². The molecule has 0 saturated carbocycles. The Morgan fingerprint density at radius 1 is 0.526 bits per heavy atom. The maximum Gasteiger partial charge on any atom is 0.472 e. The van der Waals surface area contributed by atoms with E-state index in [4.69, 9.17) is 24.8 Å². The number of allylic oxidation sites excluding steroid dienone is 2. The first-order valence-corrected chi connectivity index (χ1v) is 24.7. The molecule has 0 spiro atoms. The zero-order chi connectivity index (χ0) is 42.1. The molecule has 0 amide bonds. The van der Waals surface area contributed by atoms with Gasteiger partial charge in [0.25, 0.3) is 0 Å². The van der Waals surface area contributed by atoms with Gasteiger partial charge in [-0.15, -0.1) is 0 Å². The Morgan fingerprint density at radius 3 is 1.32 bits per heavy atom. The number of phosphoric acid groups is 1. The summed E-state index contributed by atoms with van der Waals surface area (Å²) in [5.41, 5.74) is 5.34. The molecule has 0 heterocycles. The van der Waals surface area contributed by atoms with Crippen molar-refractivity contribution in [3.8, 4) is 0 Å². The Bertz CT molecular complexity index is 1030. The van der Waals surface area contributed by atoms with Crippen molar-refractivity contribution in [2.24, 2.45) is 5.73 Å². The monoisotopic (exact) mass is 832 g/mol. The number of nitrogens with two attached hydrogens (primary N) is 1. The summed E-state index contributed by atoms with van der Waals surface area (Å²) in [7, 11) is -4.72. The molecule has 3 atom stereocenters. The van der Waals surface area contributed by atoms with Gasteiger partial charge in [0.15, 0.2) is 6.10 Å². The standard InChI is InChI=1S/C45H86NO10P/c1-3-5-7-9-11-13-15-17-19-20-21-23-25-27-29-31-33-35-37-44(48)56-41(39-54-57(51,52)55-40-42(46)45(49)50)38-53-43(47)36-34-32-30-28-26-24-22-18-16-14-12-10-8-6-4-2/h26,28,41-42H,3-25,27,29-40,46H2,1-2H3,(H,49,50)(H,51,52)/b28-26+/t41-,42+/m1/s1. The number of hydrogen-bond donors (Lipinski definition) is 3. The number of rotatable bonds is 44. The van der Waals surface area contributed by atoms with Gasteiger partial charge in [0.1, 0.15) is 12.6 Å². The average molecular weight is 832 g/mol. The summed E-state index contributed by atoms with van der Waals surface area (Å²) in [6.45, 7) is 2.82. The van der Waals surface area contributed by atoms with E-state index in [2.05, 4.69) is 30.5 Å². The van der Waals surface area contributed by atoms with Crippen LogP contribution in [0.15, 0.2) is 12.2 Å². The third-order valence-corrected chi connectivity index (χ3v) is 11.2. The SMILES string of the molecule is CCCCCCCCCCC/C=C/CCCCC(=O)OC[C@H](COP(=O)(O)OC[C@H](N)C(=O)O)OC(=O)CCCCCCCCCCCCCCCCCCCC. The number of carboxylic acid groups (broad SMARTS) is 1. The third kappa shape index (κ3) is 40.8. The van der Waals surface area contributed by atoms with E-state index in [-0.39, 0.29) is 19.4 Å². The number of unbranched alkanes of at least 4 members (excludes halogenated alkanes) is 28. The third-order valence-electron chi connectivity index (χ3n) is 10.3. The maximum atomic E-state index is 12.6. The molecule has 0 saturated heterocycles. The van der Waals surface area contributed by atoms with Crippen LogP contribution in [-0.2, 0) is 37.5 Å². The Balaban J connectivity index is 4.31. The quantitative estimate of drug-likeness (QED) is 0.0231. The van der Waals surface area contributed by atoms with Crippen LogP contribution in [0.5, 0.6) is 0 Å². The van der Waals surface area contributed by atoms with Gasteiger partial charge < -0.3 is 25.2 Å². The zero-order valence-electron chi connectivity index (χ0n) is 36.5. The number of carbonyl (C=O) groups is 3. The van der Waals surface area contributed by atoms with Gasteiger partial charge in [0.2, 0.25) is 0 Å². The highest BCUT2D eigenvalue weighted by Crippen LogP contribution is 2.43. The molecule has 0 aliphatic heterocycles. The van der Waals surface area contributed by atoms with E-state index >= 15 is 0 Å². The molecule has 11 nitrogen and oxygen atoms in total. The van der Waals surface area contributed by atoms with Crippen LogP contribution < -0.4 is 5.73 Å². The summed E-state index contributed by atoms with van der Waals surface area (Å²) >= 11 is 0. The van der Waals surface area contributed by atoms with Crippen LogP contribution in [0.1, 0.15) is 226 Å². The fourth-order valence-corrected chi connectivity index (χ4v) is 7.37. The molecule has 0 rings (SSSR count). The first-order valence-electron chi connectivity index (χ1n) is 23.2. The van der Waals surface area contributed by atoms with Crippen LogP contribution >= 0.6 is 7.82 Å². The molecule has 1 unspecified atom stereocenters. The largest absolute Gasteiger partial charge is 0.480 e. The predicted octanol–water partition coefficient (Wildman–Crippen LogP) is 12.5. The Hall–Kier alpha value is -1.78. The molecular formula is C45H86NO10P. The number of phosphoric ester groups is 1. The zero-order valence-corrected chi connectivity index (χ0v) is 37.3. The van der Waals surface area contributed by atoms with Crippen LogP contribution in [0, 0.1) is 0 Å². The molecule has 12 heteroatoms. The Kier molecular flexibility index (Phi) is 39.7. The number of hydrogen-bond acceptors (Lipinski definition) is 9. The van der Waals surface area contributed by atoms with Crippen molar-refractivity contribution in [3.05, 3.63) is 12.2 Å². The summed E-state index contributed by atoms with van der Waals surface area (Å²) < 4.78 is 32.7. The smallest absolute Gasteiger partial charge is 0.472 e. The first-order chi connectivity index (χ1) is 27.6. The van der Waals surface area contributed by atoms with Crippen molar-refractivity contribution in [2.45, 2.75) is 238 Å². The maximum absolute atomic E-state index is 12.6. The van der Waals surface area contributed by atoms with Gasteiger partial charge in [-0.3, -0.25) is 23.4 Å². The van der Waals surface area contributed by atoms with E-state index in [9.17, 15) is 23.8 Å². The van der Waals surface area contributed by atoms with Crippen molar-refractivity contribution < 1.29 is 47.5 Å². The van der Waals surface area contributed by atoms with Crippen molar-refractivity contribution in [3.63, 3.8) is 0 Å². The summed E-state index contributed by atoms with van der Waals surface area (Å²) in [4.78, 5) is 46.0. The molecule has 336 valence electrons. The lowest BCUT2D eigenvalue weighted by Crippen LogP contribution is -2.34. The molecule has 0 aromatic carbocycles. The van der Waals surface area contributed by atoms with Crippen molar-refractivity contribution in [1.82, 2.24) is 0 Å². The molecule has 0 aromatic rings. The fourth-order valence-electron chi connectivity index (χ4n) is 6.59. The second-order valence-corrected chi connectivity index (χ2v) is 17.3. The molecule has 0 radical (unpaired) electrons. The molecule has 0 aliphatic carbocycles. The Morgan fingerprint density at radius 2 is 0.877 bits per heavy atom. The normalized spacial score (nSPS) is 13.8. The van der Waals surface area contributed by atoms with E-state index in [1.54, 1.807) is 0 Å². The lowest BCUT2D eigenvalue weighted by atomic mass is 10.0. The number of esters is 2. The topological polar surface area (TPSA) is 172 Å². The lowest BCUT2D eigenvalue weighted by molar-refractivity contribution is -0.161. The summed E-state index contributed by atoms with van der Waals surface area (Å²) in [6.07, 6.45) is 41.3. The second kappa shape index (κ2) is 41.0. The van der Waals surface area contributed by atoms with Crippen molar-refractivity contribution >= 4 is 25.7 Å². The number of ether oxygens (including phenoxy) is 2. The van der Waals surface area contributed by atoms with E-state index in [1.165, 1.54) is 148 Å². The van der Waals surface area contributed by atoms with Crippen LogP contribution in [0.4, 0.5) is 0 Å². The highest BCUT2D eigenvalue weighted by Gasteiger charge is 2.28. The number of aliphatic carboxylic acids is 1. The van der Waals surface area contributed by atoms with Gasteiger partial charge >= 0.3 is 25.7 Å². The second-order valence-electron chi connectivity index (χ2n) is 15.9. The molecule has 0 aliphatic rings. The van der Waals surface area contributed by atoms with Gasteiger partial charge in [-0.1, -0.05) is 187 Å². The molecule has 0 bridgehead atoms. The first kappa shape index (κ1) is 55.2. The van der Waals surface area contributed by atoms with Gasteiger partial charge in [0, 0.05) is 12.8 Å². The van der Waals surface area contributed by atoms with E-state index in [0.29, 0.717) is 12.8 Å². The number of carbonyl (C=O) groups excluding carboxylic acids is 2. The fraction of sp³-hybridized carbons (Fsp3) is 0.889. The van der Waals surface area contributed by atoms with Crippen LogP contribution in [0.25, 0.3) is 0 Å². The van der Waals surface area contributed by atoms with Crippen LogP contribution in [0.2, 0.25) is 0 Å². The molecule has 57 heavy (non-hydrogen) atoms. The Labute approximate surface area is 348 Å². The molecule has 0 fully saturated rings. The summed E-state index contributed by atoms with van der Waals surface area (Å²) in [5, 5.41) is 8.89. The summed E-state index contributed by atoms with van der Waals surface area (Å²) in [6, 6.07) is -1.52. The van der Waals surface area contributed by atoms with Crippen LogP contribution in [-0.4, -0.2) is 59.9 Å². The minimum Gasteiger partial charge on any atom is -0.480 e. The highest BCUT2D eigenvalue weighted by atomic mass is 31.2. The van der Waals surface area contributed by atoms with Gasteiger partial charge in [-0.2, -0.15) is 0 Å². The van der Waals surface area contributed by atoms with Crippen LogP contribution in [0.3, 0.4) is 0 Å².